The highest BCUT2D eigenvalue weighted by atomic mass is 32.1. The van der Waals surface area contributed by atoms with Crippen LogP contribution in [-0.4, -0.2) is 10.2 Å². The molecule has 0 fully saturated rings. The zero-order chi connectivity index (χ0) is 12.1. The van der Waals surface area contributed by atoms with Crippen molar-refractivity contribution in [2.75, 3.05) is 0 Å². The molecular weight excluding hydrogens is 230 g/mol. The van der Waals surface area contributed by atoms with Gasteiger partial charge in [-0.1, -0.05) is 6.92 Å². The minimum atomic E-state index is 0.363. The number of hydrogen-bond acceptors (Lipinski definition) is 4. The second-order valence-corrected chi connectivity index (χ2v) is 5.18. The van der Waals surface area contributed by atoms with Crippen molar-refractivity contribution in [1.29, 1.82) is 0 Å². The summed E-state index contributed by atoms with van der Waals surface area (Å²) in [5.74, 6) is 0. The number of hydrogen-bond donors (Lipinski definition) is 1. The van der Waals surface area contributed by atoms with Crippen molar-refractivity contribution in [3.8, 4) is 0 Å². The molecule has 2 aromatic rings. The molecule has 4 heteroatoms. The first-order valence-electron chi connectivity index (χ1n) is 5.88. The second kappa shape index (κ2) is 5.89. The van der Waals surface area contributed by atoms with Crippen LogP contribution in [0.3, 0.4) is 0 Å². The summed E-state index contributed by atoms with van der Waals surface area (Å²) in [6.45, 7) is 5.13. The van der Waals surface area contributed by atoms with E-state index in [1.165, 1.54) is 9.75 Å². The van der Waals surface area contributed by atoms with Gasteiger partial charge in [0.1, 0.15) is 0 Å². The quantitative estimate of drug-likeness (QED) is 0.882. The molecule has 0 radical (unpaired) electrons. The fourth-order valence-corrected chi connectivity index (χ4v) is 2.58. The number of aromatic nitrogens is 2. The summed E-state index contributed by atoms with van der Waals surface area (Å²) in [6, 6.07) is 8.67. The maximum absolute atomic E-state index is 4.06. The lowest BCUT2D eigenvalue weighted by atomic mass is 10.2. The SMILES string of the molecule is CCc1ccc(C(C)NCc2cccnn2)s1. The fraction of sp³-hybridized carbons (Fsp3) is 0.385. The second-order valence-electron chi connectivity index (χ2n) is 3.98. The molecule has 90 valence electrons. The minimum Gasteiger partial charge on any atom is -0.304 e. The van der Waals surface area contributed by atoms with E-state index < -0.39 is 0 Å². The third-order valence-electron chi connectivity index (χ3n) is 2.67. The molecule has 2 heterocycles. The largest absolute Gasteiger partial charge is 0.304 e. The first-order chi connectivity index (χ1) is 8.29. The van der Waals surface area contributed by atoms with E-state index in [9.17, 15) is 0 Å². The Labute approximate surface area is 106 Å². The van der Waals surface area contributed by atoms with Crippen LogP contribution in [0.25, 0.3) is 0 Å². The van der Waals surface area contributed by atoms with Crippen molar-refractivity contribution < 1.29 is 0 Å². The summed E-state index contributed by atoms with van der Waals surface area (Å²) >= 11 is 1.88. The topological polar surface area (TPSA) is 37.8 Å². The maximum Gasteiger partial charge on any atom is 0.0769 e. The van der Waals surface area contributed by atoms with Crippen LogP contribution in [0, 0.1) is 0 Å². The van der Waals surface area contributed by atoms with E-state index in [0.29, 0.717) is 6.04 Å². The van der Waals surface area contributed by atoms with E-state index in [2.05, 4.69) is 41.5 Å². The third kappa shape index (κ3) is 3.35. The molecular formula is C13H17N3S. The molecule has 0 aliphatic heterocycles. The van der Waals surface area contributed by atoms with Crippen LogP contribution in [0.4, 0.5) is 0 Å². The Morgan fingerprint density at radius 3 is 2.88 bits per heavy atom. The lowest BCUT2D eigenvalue weighted by Crippen LogP contribution is -2.18. The number of aryl methyl sites for hydroxylation is 1. The molecule has 0 saturated carbocycles. The number of rotatable bonds is 5. The highest BCUT2D eigenvalue weighted by Crippen LogP contribution is 2.23. The smallest absolute Gasteiger partial charge is 0.0769 e. The molecule has 0 bridgehead atoms. The van der Waals surface area contributed by atoms with Crippen molar-refractivity contribution >= 4 is 11.3 Å². The first kappa shape index (κ1) is 12.2. The van der Waals surface area contributed by atoms with E-state index >= 15 is 0 Å². The fourth-order valence-electron chi connectivity index (χ4n) is 1.60. The van der Waals surface area contributed by atoms with Crippen molar-refractivity contribution in [3.63, 3.8) is 0 Å². The Hall–Kier alpha value is -1.26. The van der Waals surface area contributed by atoms with Gasteiger partial charge in [-0.2, -0.15) is 10.2 Å². The number of nitrogens with zero attached hydrogens (tertiary/aromatic N) is 2. The maximum atomic E-state index is 4.06. The van der Waals surface area contributed by atoms with Crippen LogP contribution in [0.2, 0.25) is 0 Å². The van der Waals surface area contributed by atoms with Crippen molar-refractivity contribution in [2.24, 2.45) is 0 Å². The monoisotopic (exact) mass is 247 g/mol. The van der Waals surface area contributed by atoms with E-state index in [0.717, 1.165) is 18.7 Å². The van der Waals surface area contributed by atoms with E-state index in [4.69, 9.17) is 0 Å². The average molecular weight is 247 g/mol. The van der Waals surface area contributed by atoms with E-state index in [1.54, 1.807) is 6.20 Å². The van der Waals surface area contributed by atoms with Gasteiger partial charge in [0.25, 0.3) is 0 Å². The highest BCUT2D eigenvalue weighted by molar-refractivity contribution is 7.12. The molecule has 2 aromatic heterocycles. The summed E-state index contributed by atoms with van der Waals surface area (Å²) in [4.78, 5) is 2.82. The van der Waals surface area contributed by atoms with Gasteiger partial charge in [0, 0.05) is 28.5 Å². The van der Waals surface area contributed by atoms with E-state index in [-0.39, 0.29) is 0 Å². The Morgan fingerprint density at radius 1 is 1.35 bits per heavy atom. The lowest BCUT2D eigenvalue weighted by Gasteiger charge is -2.11. The summed E-state index contributed by atoms with van der Waals surface area (Å²) in [6.07, 6.45) is 2.81. The van der Waals surface area contributed by atoms with Crippen LogP contribution in [0.5, 0.6) is 0 Å². The van der Waals surface area contributed by atoms with Gasteiger partial charge in [0.05, 0.1) is 5.69 Å². The molecule has 3 nitrogen and oxygen atoms in total. The van der Waals surface area contributed by atoms with Gasteiger partial charge in [-0.3, -0.25) is 0 Å². The normalized spacial score (nSPS) is 12.6. The van der Waals surface area contributed by atoms with Crippen LogP contribution >= 0.6 is 11.3 Å². The van der Waals surface area contributed by atoms with Crippen LogP contribution in [0.1, 0.15) is 35.3 Å². The molecule has 1 atom stereocenters. The minimum absolute atomic E-state index is 0.363. The summed E-state index contributed by atoms with van der Waals surface area (Å²) < 4.78 is 0. The molecule has 0 aliphatic rings. The molecule has 0 spiro atoms. The van der Waals surface area contributed by atoms with Gasteiger partial charge < -0.3 is 5.32 Å². The average Bonchev–Trinajstić information content (AvgIpc) is 2.86. The molecule has 1 N–H and O–H groups in total. The Balaban J connectivity index is 1.91. The molecule has 0 saturated heterocycles. The Kier molecular flexibility index (Phi) is 4.23. The zero-order valence-corrected chi connectivity index (χ0v) is 11.0. The van der Waals surface area contributed by atoms with Gasteiger partial charge in [0.2, 0.25) is 0 Å². The third-order valence-corrected chi connectivity index (χ3v) is 4.09. The highest BCUT2D eigenvalue weighted by Gasteiger charge is 2.07. The molecule has 2 rings (SSSR count). The summed E-state index contributed by atoms with van der Waals surface area (Å²) in [7, 11) is 0. The van der Waals surface area contributed by atoms with Crippen LogP contribution < -0.4 is 5.32 Å². The molecule has 0 amide bonds. The molecule has 0 aromatic carbocycles. The van der Waals surface area contributed by atoms with Gasteiger partial charge in [0.15, 0.2) is 0 Å². The lowest BCUT2D eigenvalue weighted by molar-refractivity contribution is 0.571. The first-order valence-corrected chi connectivity index (χ1v) is 6.70. The zero-order valence-electron chi connectivity index (χ0n) is 10.2. The van der Waals surface area contributed by atoms with E-state index in [1.807, 2.05) is 23.5 Å². The summed E-state index contributed by atoms with van der Waals surface area (Å²) in [5.41, 5.74) is 0.978. The van der Waals surface area contributed by atoms with Gasteiger partial charge in [-0.15, -0.1) is 11.3 Å². The predicted octanol–water partition coefficient (Wildman–Crippen LogP) is 2.95. The van der Waals surface area contributed by atoms with Crippen molar-refractivity contribution in [2.45, 2.75) is 32.9 Å². The van der Waals surface area contributed by atoms with Gasteiger partial charge in [-0.25, -0.2) is 0 Å². The van der Waals surface area contributed by atoms with Crippen LogP contribution in [-0.2, 0) is 13.0 Å². The molecule has 17 heavy (non-hydrogen) atoms. The predicted molar refractivity (Wildman–Crippen MR) is 71.0 cm³/mol. The van der Waals surface area contributed by atoms with Gasteiger partial charge >= 0.3 is 0 Å². The van der Waals surface area contributed by atoms with Crippen molar-refractivity contribution in [1.82, 2.24) is 15.5 Å². The standard InChI is InChI=1S/C13H17N3S/c1-3-12-6-7-13(17-12)10(2)14-9-11-5-4-8-15-16-11/h4-8,10,14H,3,9H2,1-2H3. The van der Waals surface area contributed by atoms with Crippen LogP contribution in [0.15, 0.2) is 30.5 Å². The molecule has 0 aliphatic carbocycles. The number of nitrogens with one attached hydrogen (secondary N) is 1. The Morgan fingerprint density at radius 2 is 2.24 bits per heavy atom. The van der Waals surface area contributed by atoms with Crippen molar-refractivity contribution in [3.05, 3.63) is 45.9 Å². The Bertz CT molecular complexity index is 453. The number of thiophene rings is 1. The molecule has 1 unspecified atom stereocenters. The van der Waals surface area contributed by atoms with Gasteiger partial charge in [-0.05, 0) is 37.6 Å². The summed E-state index contributed by atoms with van der Waals surface area (Å²) in [5, 5.41) is 11.4.